The normalized spacial score (nSPS) is 11.4. The molecular formula is C19H21NO5. The fraction of sp³-hybridized carbons (Fsp3) is 0.263. The Bertz CT molecular complexity index is 750. The Balaban J connectivity index is 2.07. The third kappa shape index (κ3) is 4.73. The molecule has 132 valence electrons. The topological polar surface area (TPSA) is 73.9 Å². The molecule has 2 rings (SSSR count). The molecule has 0 fully saturated rings. The van der Waals surface area contributed by atoms with E-state index in [1.807, 2.05) is 25.1 Å². The largest absolute Gasteiger partial charge is 0.497 e. The third-order valence-electron chi connectivity index (χ3n) is 3.64. The van der Waals surface area contributed by atoms with E-state index in [0.717, 1.165) is 5.56 Å². The number of rotatable bonds is 6. The van der Waals surface area contributed by atoms with Gasteiger partial charge in [0.1, 0.15) is 11.5 Å². The zero-order valence-corrected chi connectivity index (χ0v) is 14.7. The van der Waals surface area contributed by atoms with Gasteiger partial charge in [0.15, 0.2) is 6.10 Å². The number of methoxy groups -OCH3 is 2. The molecule has 2 aromatic carbocycles. The summed E-state index contributed by atoms with van der Waals surface area (Å²) < 4.78 is 15.5. The highest BCUT2D eigenvalue weighted by atomic mass is 16.5. The van der Waals surface area contributed by atoms with E-state index < -0.39 is 18.0 Å². The molecule has 0 saturated heterocycles. The van der Waals surface area contributed by atoms with Gasteiger partial charge < -0.3 is 19.5 Å². The van der Waals surface area contributed by atoms with Gasteiger partial charge in [0.05, 0.1) is 19.8 Å². The van der Waals surface area contributed by atoms with Crippen molar-refractivity contribution < 1.29 is 23.8 Å². The van der Waals surface area contributed by atoms with Crippen LogP contribution in [0, 0.1) is 6.92 Å². The molecule has 0 aliphatic heterocycles. The van der Waals surface area contributed by atoms with Gasteiger partial charge in [-0.1, -0.05) is 18.2 Å². The van der Waals surface area contributed by atoms with Crippen molar-refractivity contribution in [1.29, 1.82) is 0 Å². The van der Waals surface area contributed by atoms with Crippen LogP contribution < -0.4 is 14.8 Å². The fourth-order valence-corrected chi connectivity index (χ4v) is 2.15. The minimum Gasteiger partial charge on any atom is -0.497 e. The highest BCUT2D eigenvalue weighted by molar-refractivity contribution is 5.98. The molecule has 6 nitrogen and oxygen atoms in total. The van der Waals surface area contributed by atoms with Crippen LogP contribution in [0.25, 0.3) is 0 Å². The first kappa shape index (κ1) is 18.3. The standard InChI is InChI=1S/C19H21NO5/c1-12-7-5-6-8-17(12)20-18(21)13(2)25-19(22)14-9-15(23-3)11-16(10-14)24-4/h5-11,13H,1-4H3,(H,20,21). The maximum Gasteiger partial charge on any atom is 0.339 e. The van der Waals surface area contributed by atoms with Crippen molar-refractivity contribution in [2.24, 2.45) is 0 Å². The first-order valence-corrected chi connectivity index (χ1v) is 7.75. The monoisotopic (exact) mass is 343 g/mol. The Labute approximate surface area is 146 Å². The molecule has 1 atom stereocenters. The smallest absolute Gasteiger partial charge is 0.339 e. The van der Waals surface area contributed by atoms with Gasteiger partial charge in [0, 0.05) is 11.8 Å². The summed E-state index contributed by atoms with van der Waals surface area (Å²) in [6.45, 7) is 3.40. The minimum atomic E-state index is -0.954. The van der Waals surface area contributed by atoms with Crippen LogP contribution in [0.5, 0.6) is 11.5 Å². The number of carbonyl (C=O) groups excluding carboxylic acids is 2. The summed E-state index contributed by atoms with van der Waals surface area (Å²) >= 11 is 0. The number of amides is 1. The van der Waals surface area contributed by atoms with Crippen LogP contribution in [0.15, 0.2) is 42.5 Å². The van der Waals surface area contributed by atoms with E-state index in [-0.39, 0.29) is 5.56 Å². The average molecular weight is 343 g/mol. The van der Waals surface area contributed by atoms with E-state index in [2.05, 4.69) is 5.32 Å². The Hall–Kier alpha value is -3.02. The van der Waals surface area contributed by atoms with Gasteiger partial charge in [-0.2, -0.15) is 0 Å². The number of anilines is 1. The molecule has 0 aromatic heterocycles. The van der Waals surface area contributed by atoms with E-state index in [0.29, 0.717) is 17.2 Å². The number of ether oxygens (including phenoxy) is 3. The van der Waals surface area contributed by atoms with Gasteiger partial charge in [-0.3, -0.25) is 4.79 Å². The average Bonchev–Trinajstić information content (AvgIpc) is 2.62. The van der Waals surface area contributed by atoms with Crippen molar-refractivity contribution in [1.82, 2.24) is 0 Å². The van der Waals surface area contributed by atoms with Crippen LogP contribution >= 0.6 is 0 Å². The molecule has 0 spiro atoms. The number of aryl methyl sites for hydroxylation is 1. The number of benzene rings is 2. The van der Waals surface area contributed by atoms with Gasteiger partial charge in [-0.05, 0) is 37.6 Å². The first-order chi connectivity index (χ1) is 11.9. The molecule has 1 unspecified atom stereocenters. The van der Waals surface area contributed by atoms with Crippen molar-refractivity contribution in [3.63, 3.8) is 0 Å². The molecule has 0 heterocycles. The van der Waals surface area contributed by atoms with Crippen LogP contribution in [0.1, 0.15) is 22.8 Å². The van der Waals surface area contributed by atoms with E-state index in [4.69, 9.17) is 14.2 Å². The number of hydrogen-bond acceptors (Lipinski definition) is 5. The van der Waals surface area contributed by atoms with E-state index in [1.165, 1.54) is 33.3 Å². The summed E-state index contributed by atoms with van der Waals surface area (Å²) in [5.41, 5.74) is 1.84. The number of para-hydroxylation sites is 1. The quantitative estimate of drug-likeness (QED) is 0.816. The minimum absolute atomic E-state index is 0.242. The lowest BCUT2D eigenvalue weighted by Crippen LogP contribution is -2.30. The summed E-state index contributed by atoms with van der Waals surface area (Å²) in [6.07, 6.45) is -0.954. The van der Waals surface area contributed by atoms with Gasteiger partial charge >= 0.3 is 5.97 Å². The molecule has 0 aliphatic rings. The van der Waals surface area contributed by atoms with Crippen molar-refractivity contribution >= 4 is 17.6 Å². The van der Waals surface area contributed by atoms with Crippen molar-refractivity contribution in [2.75, 3.05) is 19.5 Å². The number of esters is 1. The van der Waals surface area contributed by atoms with Crippen LogP contribution in [0.3, 0.4) is 0 Å². The van der Waals surface area contributed by atoms with Gasteiger partial charge in [-0.15, -0.1) is 0 Å². The van der Waals surface area contributed by atoms with Crippen molar-refractivity contribution in [3.05, 3.63) is 53.6 Å². The van der Waals surface area contributed by atoms with Crippen LogP contribution in [0.2, 0.25) is 0 Å². The van der Waals surface area contributed by atoms with Crippen LogP contribution in [-0.4, -0.2) is 32.2 Å². The predicted octanol–water partition coefficient (Wildman–Crippen LogP) is 3.20. The fourth-order valence-electron chi connectivity index (χ4n) is 2.15. The SMILES string of the molecule is COc1cc(OC)cc(C(=O)OC(C)C(=O)Nc2ccccc2C)c1. The van der Waals surface area contributed by atoms with Crippen LogP contribution in [-0.2, 0) is 9.53 Å². The Kier molecular flexibility index (Phi) is 6.00. The molecule has 1 N–H and O–H groups in total. The number of nitrogens with one attached hydrogen (secondary N) is 1. The summed E-state index contributed by atoms with van der Waals surface area (Å²) in [6, 6.07) is 12.1. The zero-order chi connectivity index (χ0) is 18.4. The third-order valence-corrected chi connectivity index (χ3v) is 3.64. The predicted molar refractivity (Wildman–Crippen MR) is 94.2 cm³/mol. The van der Waals surface area contributed by atoms with Gasteiger partial charge in [-0.25, -0.2) is 4.79 Å². The first-order valence-electron chi connectivity index (χ1n) is 7.75. The van der Waals surface area contributed by atoms with E-state index >= 15 is 0 Å². The van der Waals surface area contributed by atoms with Gasteiger partial charge in [0.2, 0.25) is 0 Å². The summed E-state index contributed by atoms with van der Waals surface area (Å²) in [4.78, 5) is 24.5. The lowest BCUT2D eigenvalue weighted by molar-refractivity contribution is -0.123. The highest BCUT2D eigenvalue weighted by Crippen LogP contribution is 2.23. The Morgan fingerprint density at radius 2 is 1.60 bits per heavy atom. The second-order valence-corrected chi connectivity index (χ2v) is 5.45. The maximum absolute atomic E-state index is 12.3. The second-order valence-electron chi connectivity index (χ2n) is 5.45. The Morgan fingerprint density at radius 3 is 2.16 bits per heavy atom. The van der Waals surface area contributed by atoms with Crippen molar-refractivity contribution in [2.45, 2.75) is 20.0 Å². The Morgan fingerprint density at radius 1 is 1.00 bits per heavy atom. The van der Waals surface area contributed by atoms with E-state index in [1.54, 1.807) is 12.1 Å². The lowest BCUT2D eigenvalue weighted by atomic mass is 10.2. The summed E-state index contributed by atoms with van der Waals surface area (Å²) in [5.74, 6) is -0.117. The van der Waals surface area contributed by atoms with Crippen molar-refractivity contribution in [3.8, 4) is 11.5 Å². The molecular weight excluding hydrogens is 322 g/mol. The lowest BCUT2D eigenvalue weighted by Gasteiger charge is -2.15. The number of carbonyl (C=O) groups is 2. The second kappa shape index (κ2) is 8.19. The maximum atomic E-state index is 12.3. The molecule has 2 aromatic rings. The highest BCUT2D eigenvalue weighted by Gasteiger charge is 2.20. The summed E-state index contributed by atoms with van der Waals surface area (Å²) in [7, 11) is 2.98. The molecule has 6 heteroatoms. The van der Waals surface area contributed by atoms with Gasteiger partial charge in [0.25, 0.3) is 5.91 Å². The molecule has 0 saturated carbocycles. The zero-order valence-electron chi connectivity index (χ0n) is 14.7. The van der Waals surface area contributed by atoms with E-state index in [9.17, 15) is 9.59 Å². The molecule has 0 radical (unpaired) electrons. The molecule has 25 heavy (non-hydrogen) atoms. The van der Waals surface area contributed by atoms with Crippen LogP contribution in [0.4, 0.5) is 5.69 Å². The molecule has 0 bridgehead atoms. The molecule has 0 aliphatic carbocycles. The number of hydrogen-bond donors (Lipinski definition) is 1. The summed E-state index contributed by atoms with van der Waals surface area (Å²) in [5, 5.41) is 2.75. The molecule has 1 amide bonds.